The number of anilines is 1. The monoisotopic (exact) mass is 376 g/mol. The number of nitrogens with one attached hydrogen (secondary N) is 1. The number of aromatic nitrogens is 1. The maximum Gasteiger partial charge on any atom is 0.417 e. The molecule has 0 atom stereocenters. The summed E-state index contributed by atoms with van der Waals surface area (Å²) < 4.78 is 53.8. The molecule has 0 saturated heterocycles. The molecule has 0 unspecified atom stereocenters. The van der Waals surface area contributed by atoms with E-state index in [2.05, 4.69) is 10.3 Å². The van der Waals surface area contributed by atoms with E-state index >= 15 is 0 Å². The molecule has 0 saturated carbocycles. The summed E-state index contributed by atoms with van der Waals surface area (Å²) in [5.74, 6) is 1.48. The van der Waals surface area contributed by atoms with Crippen molar-refractivity contribution >= 4 is 17.4 Å². The molecule has 0 aliphatic heterocycles. The average molecular weight is 377 g/mol. The average Bonchev–Trinajstić information content (AvgIpc) is 2.58. The quantitative estimate of drug-likeness (QED) is 0.810. The molecular weight excluding hydrogens is 361 g/mol. The predicted octanol–water partition coefficient (Wildman–Crippen LogP) is 4.39. The molecule has 0 spiro atoms. The number of alkyl halides is 3. The minimum absolute atomic E-state index is 0.130. The lowest BCUT2D eigenvalue weighted by molar-refractivity contribution is -0.137. The van der Waals surface area contributed by atoms with Crippen molar-refractivity contribution in [3.8, 4) is 17.2 Å². The minimum Gasteiger partial charge on any atom is -0.493 e. The molecule has 1 N–H and O–H groups in total. The van der Waals surface area contributed by atoms with Crippen molar-refractivity contribution in [1.29, 1.82) is 0 Å². The number of pyridine rings is 1. The molecule has 0 radical (unpaired) electrons. The molecule has 2 aromatic rings. The maximum atomic E-state index is 12.6. The lowest BCUT2D eigenvalue weighted by Gasteiger charge is -2.16. The molecule has 1 aromatic carbocycles. The van der Waals surface area contributed by atoms with E-state index < -0.39 is 11.7 Å². The first-order valence-corrected chi connectivity index (χ1v) is 7.44. The molecule has 5 nitrogen and oxygen atoms in total. The van der Waals surface area contributed by atoms with E-state index in [0.29, 0.717) is 22.8 Å². The zero-order valence-electron chi connectivity index (χ0n) is 13.7. The van der Waals surface area contributed by atoms with Crippen LogP contribution < -0.4 is 19.5 Å². The van der Waals surface area contributed by atoms with E-state index in [9.17, 15) is 13.2 Å². The van der Waals surface area contributed by atoms with Crippen LogP contribution in [0.4, 0.5) is 19.0 Å². The summed E-state index contributed by atoms with van der Waals surface area (Å²) in [4.78, 5) is 3.73. The summed E-state index contributed by atoms with van der Waals surface area (Å²) >= 11 is 5.88. The van der Waals surface area contributed by atoms with Crippen LogP contribution in [0.2, 0.25) is 5.02 Å². The van der Waals surface area contributed by atoms with Gasteiger partial charge in [-0.2, -0.15) is 13.2 Å². The molecule has 1 aromatic heterocycles. The fourth-order valence-corrected chi connectivity index (χ4v) is 2.44. The van der Waals surface area contributed by atoms with Crippen molar-refractivity contribution in [1.82, 2.24) is 4.98 Å². The van der Waals surface area contributed by atoms with Crippen LogP contribution in [0.15, 0.2) is 24.4 Å². The van der Waals surface area contributed by atoms with Gasteiger partial charge in [-0.25, -0.2) is 4.98 Å². The van der Waals surface area contributed by atoms with Crippen molar-refractivity contribution in [3.05, 3.63) is 40.5 Å². The largest absolute Gasteiger partial charge is 0.493 e. The second-order valence-electron chi connectivity index (χ2n) is 4.90. The molecule has 0 aliphatic carbocycles. The highest BCUT2D eigenvalue weighted by molar-refractivity contribution is 6.32. The van der Waals surface area contributed by atoms with Crippen molar-refractivity contribution in [3.63, 3.8) is 0 Å². The van der Waals surface area contributed by atoms with Crippen molar-refractivity contribution in [2.45, 2.75) is 12.7 Å². The summed E-state index contributed by atoms with van der Waals surface area (Å²) in [6.45, 7) is 0.210. The van der Waals surface area contributed by atoms with E-state index in [4.69, 9.17) is 25.8 Å². The van der Waals surface area contributed by atoms with Gasteiger partial charge in [0.2, 0.25) is 5.75 Å². The Hall–Kier alpha value is -2.35. The van der Waals surface area contributed by atoms with Gasteiger partial charge in [0.15, 0.2) is 11.5 Å². The number of halogens is 4. The molecule has 0 bridgehead atoms. The SMILES string of the molecule is COc1ccc(CNc2ncc(C(F)(F)F)cc2Cl)c(OC)c1OC. The summed E-state index contributed by atoms with van der Waals surface area (Å²) in [6.07, 6.45) is -3.78. The summed E-state index contributed by atoms with van der Waals surface area (Å²) in [5.41, 5.74) is -0.218. The summed E-state index contributed by atoms with van der Waals surface area (Å²) in [7, 11) is 4.46. The summed E-state index contributed by atoms with van der Waals surface area (Å²) in [5, 5.41) is 2.75. The van der Waals surface area contributed by atoms with E-state index in [1.54, 1.807) is 12.1 Å². The van der Waals surface area contributed by atoms with E-state index in [0.717, 1.165) is 12.3 Å². The molecule has 2 rings (SSSR count). The van der Waals surface area contributed by atoms with Crippen molar-refractivity contribution in [2.75, 3.05) is 26.6 Å². The highest BCUT2D eigenvalue weighted by Gasteiger charge is 2.31. The van der Waals surface area contributed by atoms with E-state index in [1.807, 2.05) is 0 Å². The Balaban J connectivity index is 2.24. The Morgan fingerprint density at radius 3 is 2.28 bits per heavy atom. The van der Waals surface area contributed by atoms with Crippen molar-refractivity contribution in [2.24, 2.45) is 0 Å². The number of benzene rings is 1. The van der Waals surface area contributed by atoms with Gasteiger partial charge in [0.1, 0.15) is 5.82 Å². The van der Waals surface area contributed by atoms with Crippen LogP contribution in [-0.2, 0) is 12.7 Å². The van der Waals surface area contributed by atoms with Gasteiger partial charge in [-0.1, -0.05) is 11.6 Å². The van der Waals surface area contributed by atoms with Crippen LogP contribution in [0, 0.1) is 0 Å². The maximum absolute atomic E-state index is 12.6. The fourth-order valence-electron chi connectivity index (χ4n) is 2.20. The smallest absolute Gasteiger partial charge is 0.417 e. The number of methoxy groups -OCH3 is 3. The molecule has 9 heteroatoms. The second-order valence-corrected chi connectivity index (χ2v) is 5.31. The first-order valence-electron chi connectivity index (χ1n) is 7.06. The lowest BCUT2D eigenvalue weighted by atomic mass is 10.1. The standard InChI is InChI=1S/C16H16ClF3N2O3/c1-23-12-5-4-9(13(24-2)14(12)25-3)7-21-15-11(17)6-10(8-22-15)16(18,19)20/h4-6,8H,7H2,1-3H3,(H,21,22). The lowest BCUT2D eigenvalue weighted by Crippen LogP contribution is -2.08. The number of hydrogen-bond donors (Lipinski definition) is 1. The van der Waals surface area contributed by atoms with Crippen molar-refractivity contribution < 1.29 is 27.4 Å². The highest BCUT2D eigenvalue weighted by Crippen LogP contribution is 2.40. The van der Waals surface area contributed by atoms with Gasteiger partial charge in [0.25, 0.3) is 0 Å². The Morgan fingerprint density at radius 2 is 1.76 bits per heavy atom. The van der Waals surface area contributed by atoms with Gasteiger partial charge in [-0.05, 0) is 18.2 Å². The molecule has 1 heterocycles. The number of hydrogen-bond acceptors (Lipinski definition) is 5. The first-order chi connectivity index (χ1) is 11.8. The molecule has 136 valence electrons. The number of rotatable bonds is 6. The van der Waals surface area contributed by atoms with Gasteiger partial charge >= 0.3 is 6.18 Å². The molecule has 0 aliphatic rings. The summed E-state index contributed by atoms with van der Waals surface area (Å²) in [6, 6.07) is 4.26. The number of ether oxygens (including phenoxy) is 3. The normalized spacial score (nSPS) is 11.2. The fraction of sp³-hybridized carbons (Fsp3) is 0.312. The van der Waals surface area contributed by atoms with Crippen LogP contribution in [0.1, 0.15) is 11.1 Å². The first kappa shape index (κ1) is 19.0. The minimum atomic E-state index is -4.50. The topological polar surface area (TPSA) is 52.6 Å². The molecule has 25 heavy (non-hydrogen) atoms. The second kappa shape index (κ2) is 7.69. The number of nitrogens with zero attached hydrogens (tertiary/aromatic N) is 1. The van der Waals surface area contributed by atoms with Crippen LogP contribution in [-0.4, -0.2) is 26.3 Å². The zero-order chi connectivity index (χ0) is 18.6. The Kier molecular flexibility index (Phi) is 5.84. The van der Waals surface area contributed by atoms with Crippen LogP contribution >= 0.6 is 11.6 Å². The van der Waals surface area contributed by atoms with Gasteiger partial charge in [0, 0.05) is 18.3 Å². The van der Waals surface area contributed by atoms with Crippen LogP contribution in [0.25, 0.3) is 0 Å². The molecular formula is C16H16ClF3N2O3. The Labute approximate surface area is 147 Å². The molecule has 0 fully saturated rings. The third kappa shape index (κ3) is 4.19. The molecule has 0 amide bonds. The highest BCUT2D eigenvalue weighted by atomic mass is 35.5. The van der Waals surface area contributed by atoms with Crippen LogP contribution in [0.5, 0.6) is 17.2 Å². The zero-order valence-corrected chi connectivity index (χ0v) is 14.5. The van der Waals surface area contributed by atoms with Gasteiger partial charge < -0.3 is 19.5 Å². The van der Waals surface area contributed by atoms with E-state index in [1.165, 1.54) is 21.3 Å². The Morgan fingerprint density at radius 1 is 1.08 bits per heavy atom. The van der Waals surface area contributed by atoms with E-state index in [-0.39, 0.29) is 17.4 Å². The third-order valence-corrected chi connectivity index (χ3v) is 3.69. The van der Waals surface area contributed by atoms with Gasteiger partial charge in [0.05, 0.1) is 31.9 Å². The van der Waals surface area contributed by atoms with Gasteiger partial charge in [-0.3, -0.25) is 0 Å². The predicted molar refractivity (Wildman–Crippen MR) is 87.7 cm³/mol. The van der Waals surface area contributed by atoms with Crippen LogP contribution in [0.3, 0.4) is 0 Å². The Bertz CT molecular complexity index is 754. The van der Waals surface area contributed by atoms with Gasteiger partial charge in [-0.15, -0.1) is 0 Å². The third-order valence-electron chi connectivity index (χ3n) is 3.40.